The molecule has 5 nitrogen and oxygen atoms in total. The lowest BCUT2D eigenvalue weighted by molar-refractivity contribution is -0.122. The van der Waals surface area contributed by atoms with Crippen LogP contribution in [0.3, 0.4) is 0 Å². The Morgan fingerprint density at radius 3 is 2.90 bits per heavy atom. The zero-order valence-corrected chi connectivity index (χ0v) is 12.1. The van der Waals surface area contributed by atoms with Gasteiger partial charge in [0.05, 0.1) is 13.7 Å². The van der Waals surface area contributed by atoms with E-state index in [1.807, 2.05) is 18.2 Å². The van der Waals surface area contributed by atoms with E-state index >= 15 is 0 Å². The van der Waals surface area contributed by atoms with Crippen molar-refractivity contribution < 1.29 is 14.3 Å². The number of ether oxygens (including phenoxy) is 2. The average molecular weight is 288 g/mol. The highest BCUT2D eigenvalue weighted by atomic mass is 16.5. The highest BCUT2D eigenvalue weighted by Gasteiger charge is 2.20. The molecule has 0 unspecified atom stereocenters. The number of benzene rings is 1. The minimum Gasteiger partial charge on any atom is -0.493 e. The molecule has 0 atom stereocenters. The molecule has 5 heteroatoms. The van der Waals surface area contributed by atoms with Crippen molar-refractivity contribution in [3.05, 3.63) is 23.8 Å². The zero-order chi connectivity index (χ0) is 15.1. The fourth-order valence-corrected chi connectivity index (χ4v) is 1.83. The Morgan fingerprint density at radius 1 is 1.43 bits per heavy atom. The Hall–Kier alpha value is -2.19. The standard InChI is InChI=1S/C16H20N2O3/c1-3-8-17-16(19)11-21-14-7-4-12(9-15(14)20-2)10-18-13-5-6-13/h1,4,7,9,13,18H,5-6,8,10-11H2,2H3,(H,17,19). The molecule has 2 rings (SSSR count). The SMILES string of the molecule is C#CCNC(=O)COc1ccc(CNC2CC2)cc1OC. The number of hydrogen-bond acceptors (Lipinski definition) is 4. The Balaban J connectivity index is 1.89. The number of hydrogen-bond donors (Lipinski definition) is 2. The summed E-state index contributed by atoms with van der Waals surface area (Å²) in [6.45, 7) is 0.923. The van der Waals surface area contributed by atoms with Crippen LogP contribution in [-0.2, 0) is 11.3 Å². The monoisotopic (exact) mass is 288 g/mol. The summed E-state index contributed by atoms with van der Waals surface area (Å²) in [6, 6.07) is 6.36. The molecule has 112 valence electrons. The van der Waals surface area contributed by atoms with Gasteiger partial charge in [-0.3, -0.25) is 4.79 Å². The van der Waals surface area contributed by atoms with Gasteiger partial charge in [-0.25, -0.2) is 0 Å². The summed E-state index contributed by atoms with van der Waals surface area (Å²) in [5, 5.41) is 5.98. The van der Waals surface area contributed by atoms with Crippen molar-refractivity contribution in [1.82, 2.24) is 10.6 Å². The number of amides is 1. The largest absolute Gasteiger partial charge is 0.493 e. The van der Waals surface area contributed by atoms with Crippen LogP contribution < -0.4 is 20.1 Å². The van der Waals surface area contributed by atoms with Gasteiger partial charge in [-0.2, -0.15) is 0 Å². The van der Waals surface area contributed by atoms with Gasteiger partial charge in [0, 0.05) is 12.6 Å². The van der Waals surface area contributed by atoms with Gasteiger partial charge in [0.15, 0.2) is 18.1 Å². The molecular formula is C16H20N2O3. The van der Waals surface area contributed by atoms with E-state index in [4.69, 9.17) is 15.9 Å². The van der Waals surface area contributed by atoms with E-state index in [1.54, 1.807) is 7.11 Å². The summed E-state index contributed by atoms with van der Waals surface area (Å²) >= 11 is 0. The smallest absolute Gasteiger partial charge is 0.258 e. The van der Waals surface area contributed by atoms with Crippen LogP contribution in [0.4, 0.5) is 0 Å². The first kappa shape index (κ1) is 15.2. The first-order valence-electron chi connectivity index (χ1n) is 6.96. The number of methoxy groups -OCH3 is 1. The van der Waals surface area contributed by atoms with Crippen LogP contribution in [0, 0.1) is 12.3 Å². The molecule has 1 aromatic carbocycles. The second kappa shape index (κ2) is 7.55. The number of carbonyl (C=O) groups is 1. The molecule has 0 radical (unpaired) electrons. The van der Waals surface area contributed by atoms with E-state index in [0.29, 0.717) is 17.5 Å². The van der Waals surface area contributed by atoms with Gasteiger partial charge >= 0.3 is 0 Å². The van der Waals surface area contributed by atoms with Crippen molar-refractivity contribution in [1.29, 1.82) is 0 Å². The molecule has 1 amide bonds. The second-order valence-electron chi connectivity index (χ2n) is 4.91. The summed E-state index contributed by atoms with van der Waals surface area (Å²) in [6.07, 6.45) is 7.58. The third kappa shape index (κ3) is 5.01. The van der Waals surface area contributed by atoms with Gasteiger partial charge < -0.3 is 20.1 Å². The molecule has 0 heterocycles. The maximum absolute atomic E-state index is 11.4. The van der Waals surface area contributed by atoms with E-state index in [9.17, 15) is 4.79 Å². The predicted octanol–water partition coefficient (Wildman–Crippen LogP) is 1.08. The molecule has 0 bridgehead atoms. The zero-order valence-electron chi connectivity index (χ0n) is 12.1. The topological polar surface area (TPSA) is 59.6 Å². The minimum atomic E-state index is -0.255. The van der Waals surface area contributed by atoms with E-state index in [0.717, 1.165) is 12.1 Å². The van der Waals surface area contributed by atoms with Crippen LogP contribution in [0.25, 0.3) is 0 Å². The predicted molar refractivity (Wildman–Crippen MR) is 80.2 cm³/mol. The molecule has 21 heavy (non-hydrogen) atoms. The fraction of sp³-hybridized carbons (Fsp3) is 0.438. The third-order valence-electron chi connectivity index (χ3n) is 3.15. The van der Waals surface area contributed by atoms with Crippen molar-refractivity contribution >= 4 is 5.91 Å². The lowest BCUT2D eigenvalue weighted by Crippen LogP contribution is -2.29. The number of terminal acetylenes is 1. The van der Waals surface area contributed by atoms with E-state index in [-0.39, 0.29) is 19.1 Å². The number of nitrogens with one attached hydrogen (secondary N) is 2. The van der Waals surface area contributed by atoms with Crippen LogP contribution >= 0.6 is 0 Å². The van der Waals surface area contributed by atoms with Gasteiger partial charge in [-0.1, -0.05) is 12.0 Å². The number of carbonyl (C=O) groups excluding carboxylic acids is 1. The highest BCUT2D eigenvalue weighted by Crippen LogP contribution is 2.28. The molecule has 1 aliphatic carbocycles. The minimum absolute atomic E-state index is 0.0856. The lowest BCUT2D eigenvalue weighted by atomic mass is 10.2. The molecule has 2 N–H and O–H groups in total. The van der Waals surface area contributed by atoms with Crippen molar-refractivity contribution in [3.8, 4) is 23.8 Å². The van der Waals surface area contributed by atoms with Crippen molar-refractivity contribution in [2.24, 2.45) is 0 Å². The first-order chi connectivity index (χ1) is 10.2. The second-order valence-corrected chi connectivity index (χ2v) is 4.91. The molecule has 0 aromatic heterocycles. The van der Waals surface area contributed by atoms with Crippen molar-refractivity contribution in [3.63, 3.8) is 0 Å². The van der Waals surface area contributed by atoms with Gasteiger partial charge in [-0.15, -0.1) is 6.42 Å². The van der Waals surface area contributed by atoms with E-state index in [1.165, 1.54) is 12.8 Å². The Bertz CT molecular complexity index is 533. The highest BCUT2D eigenvalue weighted by molar-refractivity contribution is 5.77. The van der Waals surface area contributed by atoms with Crippen LogP contribution in [-0.4, -0.2) is 32.2 Å². The van der Waals surface area contributed by atoms with E-state index in [2.05, 4.69) is 16.6 Å². The Morgan fingerprint density at radius 2 is 2.24 bits per heavy atom. The maximum Gasteiger partial charge on any atom is 0.258 e. The summed E-state index contributed by atoms with van der Waals surface area (Å²) in [5.74, 6) is 3.25. The van der Waals surface area contributed by atoms with Crippen LogP contribution in [0.5, 0.6) is 11.5 Å². The number of rotatable bonds is 8. The molecule has 1 saturated carbocycles. The molecule has 1 aliphatic rings. The normalized spacial score (nSPS) is 13.3. The molecule has 0 saturated heterocycles. The first-order valence-corrected chi connectivity index (χ1v) is 6.96. The molecular weight excluding hydrogens is 268 g/mol. The molecule has 1 fully saturated rings. The van der Waals surface area contributed by atoms with Gasteiger partial charge in [-0.05, 0) is 30.5 Å². The molecule has 0 spiro atoms. The summed E-state index contributed by atoms with van der Waals surface area (Å²) in [7, 11) is 1.58. The fourth-order valence-electron chi connectivity index (χ4n) is 1.83. The Kier molecular flexibility index (Phi) is 5.47. The van der Waals surface area contributed by atoms with Crippen LogP contribution in [0.15, 0.2) is 18.2 Å². The van der Waals surface area contributed by atoms with Crippen molar-refractivity contribution in [2.75, 3.05) is 20.3 Å². The van der Waals surface area contributed by atoms with Crippen LogP contribution in [0.1, 0.15) is 18.4 Å². The maximum atomic E-state index is 11.4. The average Bonchev–Trinajstić information content (AvgIpc) is 3.33. The lowest BCUT2D eigenvalue weighted by Gasteiger charge is -2.12. The molecule has 0 aliphatic heterocycles. The van der Waals surface area contributed by atoms with Gasteiger partial charge in [0.1, 0.15) is 0 Å². The van der Waals surface area contributed by atoms with Crippen molar-refractivity contribution in [2.45, 2.75) is 25.4 Å². The van der Waals surface area contributed by atoms with E-state index < -0.39 is 0 Å². The summed E-state index contributed by atoms with van der Waals surface area (Å²) in [5.41, 5.74) is 1.13. The van der Waals surface area contributed by atoms with Gasteiger partial charge in [0.25, 0.3) is 5.91 Å². The third-order valence-corrected chi connectivity index (χ3v) is 3.15. The van der Waals surface area contributed by atoms with Crippen LogP contribution in [0.2, 0.25) is 0 Å². The van der Waals surface area contributed by atoms with Gasteiger partial charge in [0.2, 0.25) is 0 Å². The summed E-state index contributed by atoms with van der Waals surface area (Å²) in [4.78, 5) is 11.4. The molecule has 1 aromatic rings. The quantitative estimate of drug-likeness (QED) is 0.703. The Labute approximate surface area is 125 Å². The summed E-state index contributed by atoms with van der Waals surface area (Å²) < 4.78 is 10.8.